The minimum atomic E-state index is 0.630. The molecule has 0 radical (unpaired) electrons. The third-order valence-electron chi connectivity index (χ3n) is 3.21. The van der Waals surface area contributed by atoms with E-state index in [9.17, 15) is 0 Å². The predicted molar refractivity (Wildman–Crippen MR) is 89.6 cm³/mol. The number of halogens is 1. The monoisotopic (exact) mass is 359 g/mol. The first kappa shape index (κ1) is 16.0. The first-order valence-electron chi connectivity index (χ1n) is 7.09. The Hall–Kier alpha value is -0.0900. The lowest BCUT2D eigenvalue weighted by Crippen LogP contribution is -2.14. The van der Waals surface area contributed by atoms with Crippen LogP contribution < -0.4 is 5.32 Å². The van der Waals surface area contributed by atoms with E-state index < -0.39 is 0 Å². The minimum absolute atomic E-state index is 0.630. The Bertz CT molecular complexity index is 305. The minimum Gasteiger partial charge on any atom is -0.313 e. The molecule has 1 N–H and O–H groups in total. The number of benzene rings is 1. The van der Waals surface area contributed by atoms with Gasteiger partial charge in [-0.2, -0.15) is 0 Å². The molecular formula is C16H26IN. The van der Waals surface area contributed by atoms with Crippen molar-refractivity contribution in [2.45, 2.75) is 52.0 Å². The molecule has 0 bridgehead atoms. The zero-order valence-electron chi connectivity index (χ0n) is 11.7. The number of hydrogen-bond donors (Lipinski definition) is 1. The Balaban J connectivity index is 2.12. The largest absolute Gasteiger partial charge is 0.313 e. The van der Waals surface area contributed by atoms with Gasteiger partial charge in [0.05, 0.1) is 0 Å². The number of alkyl halides is 1. The summed E-state index contributed by atoms with van der Waals surface area (Å²) < 4.78 is 1.30. The van der Waals surface area contributed by atoms with E-state index in [0.29, 0.717) is 5.92 Å². The first-order chi connectivity index (χ1) is 8.74. The van der Waals surface area contributed by atoms with Crippen molar-refractivity contribution >= 4 is 22.6 Å². The average molecular weight is 359 g/mol. The lowest BCUT2D eigenvalue weighted by Gasteiger charge is -2.08. The van der Waals surface area contributed by atoms with Gasteiger partial charge in [-0.3, -0.25) is 0 Å². The number of hydrogen-bond acceptors (Lipinski definition) is 1. The predicted octanol–water partition coefficient (Wildman–Crippen LogP) is 4.90. The van der Waals surface area contributed by atoms with Crippen LogP contribution in [0, 0.1) is 0 Å². The van der Waals surface area contributed by atoms with Crippen LogP contribution in [0.15, 0.2) is 24.3 Å². The van der Waals surface area contributed by atoms with E-state index in [1.807, 2.05) is 0 Å². The van der Waals surface area contributed by atoms with Crippen molar-refractivity contribution in [1.82, 2.24) is 5.32 Å². The molecule has 2 heteroatoms. The first-order valence-corrected chi connectivity index (χ1v) is 8.62. The molecule has 0 unspecified atom stereocenters. The highest BCUT2D eigenvalue weighted by Crippen LogP contribution is 2.14. The second-order valence-corrected chi connectivity index (χ2v) is 6.26. The summed E-state index contributed by atoms with van der Waals surface area (Å²) in [5.41, 5.74) is 2.82. The van der Waals surface area contributed by atoms with E-state index in [1.54, 1.807) is 0 Å². The number of unbranched alkanes of at least 4 members (excludes halogenated alkanes) is 3. The fourth-order valence-corrected chi connectivity index (χ4v) is 2.49. The average Bonchev–Trinajstić information content (AvgIpc) is 2.38. The molecule has 0 aliphatic heterocycles. The van der Waals surface area contributed by atoms with Gasteiger partial charge in [-0.05, 0) is 40.9 Å². The van der Waals surface area contributed by atoms with Gasteiger partial charge in [-0.15, -0.1) is 0 Å². The van der Waals surface area contributed by atoms with Crippen molar-refractivity contribution < 1.29 is 0 Å². The molecule has 0 aromatic heterocycles. The summed E-state index contributed by atoms with van der Waals surface area (Å²) >= 11 is 2.45. The smallest absolute Gasteiger partial charge is 0.0205 e. The number of nitrogens with one attached hydrogen (secondary N) is 1. The second kappa shape index (κ2) is 9.79. The van der Waals surface area contributed by atoms with E-state index >= 15 is 0 Å². The van der Waals surface area contributed by atoms with Crippen molar-refractivity contribution in [2.24, 2.45) is 0 Å². The SMILES string of the molecule is CC(C)c1ccc(CNCCCCCCI)cc1. The van der Waals surface area contributed by atoms with E-state index in [-0.39, 0.29) is 0 Å². The molecule has 1 aromatic rings. The van der Waals surface area contributed by atoms with Gasteiger partial charge in [0.1, 0.15) is 0 Å². The molecule has 18 heavy (non-hydrogen) atoms. The summed E-state index contributed by atoms with van der Waals surface area (Å²) in [5, 5.41) is 3.53. The van der Waals surface area contributed by atoms with Crippen LogP contribution >= 0.6 is 22.6 Å². The van der Waals surface area contributed by atoms with Crippen LogP contribution in [0.2, 0.25) is 0 Å². The summed E-state index contributed by atoms with van der Waals surface area (Å²) in [6.07, 6.45) is 5.42. The molecule has 1 rings (SSSR count). The molecule has 1 nitrogen and oxygen atoms in total. The molecule has 0 saturated heterocycles. The quantitative estimate of drug-likeness (QED) is 0.376. The fraction of sp³-hybridized carbons (Fsp3) is 0.625. The van der Waals surface area contributed by atoms with Gasteiger partial charge in [0.15, 0.2) is 0 Å². The summed E-state index contributed by atoms with van der Waals surface area (Å²) in [5.74, 6) is 0.630. The summed E-state index contributed by atoms with van der Waals surface area (Å²) in [6.45, 7) is 6.63. The summed E-state index contributed by atoms with van der Waals surface area (Å²) in [6, 6.07) is 9.00. The van der Waals surface area contributed by atoms with Gasteiger partial charge in [-0.25, -0.2) is 0 Å². The standard InChI is InChI=1S/C16H26IN/c1-14(2)16-9-7-15(8-10-16)13-18-12-6-4-3-5-11-17/h7-10,14,18H,3-6,11-13H2,1-2H3. The lowest BCUT2D eigenvalue weighted by molar-refractivity contribution is 0.600. The van der Waals surface area contributed by atoms with Gasteiger partial charge in [0.2, 0.25) is 0 Å². The molecule has 0 fully saturated rings. The summed E-state index contributed by atoms with van der Waals surface area (Å²) in [7, 11) is 0. The van der Waals surface area contributed by atoms with E-state index in [1.165, 1.54) is 41.2 Å². The van der Waals surface area contributed by atoms with E-state index in [2.05, 4.69) is 66.0 Å². The van der Waals surface area contributed by atoms with Crippen molar-refractivity contribution in [2.75, 3.05) is 11.0 Å². The van der Waals surface area contributed by atoms with Crippen LogP contribution in [0.5, 0.6) is 0 Å². The van der Waals surface area contributed by atoms with Crippen LogP contribution in [0.4, 0.5) is 0 Å². The highest BCUT2D eigenvalue weighted by Gasteiger charge is 1.98. The van der Waals surface area contributed by atoms with Crippen molar-refractivity contribution in [1.29, 1.82) is 0 Å². The molecule has 1 aromatic carbocycles. The Labute approximate surface area is 126 Å². The Morgan fingerprint density at radius 2 is 1.67 bits per heavy atom. The molecule has 0 saturated carbocycles. The maximum absolute atomic E-state index is 3.53. The third kappa shape index (κ3) is 6.74. The second-order valence-electron chi connectivity index (χ2n) is 5.18. The molecule has 0 amide bonds. The lowest BCUT2D eigenvalue weighted by atomic mass is 10.0. The van der Waals surface area contributed by atoms with Gasteiger partial charge < -0.3 is 5.32 Å². The topological polar surface area (TPSA) is 12.0 Å². The van der Waals surface area contributed by atoms with E-state index in [4.69, 9.17) is 0 Å². The normalized spacial score (nSPS) is 11.1. The van der Waals surface area contributed by atoms with Gasteiger partial charge in [-0.1, -0.05) is 73.5 Å². The Morgan fingerprint density at radius 3 is 2.28 bits per heavy atom. The van der Waals surface area contributed by atoms with Gasteiger partial charge in [0.25, 0.3) is 0 Å². The van der Waals surface area contributed by atoms with Gasteiger partial charge >= 0.3 is 0 Å². The Kier molecular flexibility index (Phi) is 8.68. The molecule has 0 heterocycles. The maximum atomic E-state index is 3.53. The van der Waals surface area contributed by atoms with E-state index in [0.717, 1.165) is 13.1 Å². The number of rotatable bonds is 9. The molecule has 0 aliphatic rings. The highest BCUT2D eigenvalue weighted by atomic mass is 127. The highest BCUT2D eigenvalue weighted by molar-refractivity contribution is 14.1. The van der Waals surface area contributed by atoms with Crippen molar-refractivity contribution in [3.05, 3.63) is 35.4 Å². The zero-order chi connectivity index (χ0) is 13.2. The van der Waals surface area contributed by atoms with Crippen molar-refractivity contribution in [3.8, 4) is 0 Å². The zero-order valence-corrected chi connectivity index (χ0v) is 13.9. The molecule has 0 aliphatic carbocycles. The van der Waals surface area contributed by atoms with Crippen LogP contribution in [-0.2, 0) is 6.54 Å². The van der Waals surface area contributed by atoms with Crippen LogP contribution in [-0.4, -0.2) is 11.0 Å². The molecule has 0 atom stereocenters. The third-order valence-corrected chi connectivity index (χ3v) is 3.98. The molecule has 102 valence electrons. The fourth-order valence-electron chi connectivity index (χ4n) is 1.95. The van der Waals surface area contributed by atoms with Gasteiger partial charge in [0, 0.05) is 6.54 Å². The van der Waals surface area contributed by atoms with Crippen LogP contribution in [0.25, 0.3) is 0 Å². The van der Waals surface area contributed by atoms with Crippen molar-refractivity contribution in [3.63, 3.8) is 0 Å². The van der Waals surface area contributed by atoms with Crippen LogP contribution in [0.1, 0.15) is 56.6 Å². The Morgan fingerprint density at radius 1 is 1.00 bits per heavy atom. The maximum Gasteiger partial charge on any atom is 0.0205 e. The summed E-state index contributed by atoms with van der Waals surface area (Å²) in [4.78, 5) is 0. The van der Waals surface area contributed by atoms with Crippen LogP contribution in [0.3, 0.4) is 0 Å². The molecular weight excluding hydrogens is 333 g/mol. The molecule has 0 spiro atoms.